The number of nitrogens with zero attached hydrogens (tertiary/aromatic N) is 1. The Balaban J connectivity index is 1.90. The number of benzene rings is 2. The molecule has 2 amide bonds. The summed E-state index contributed by atoms with van der Waals surface area (Å²) in [6, 6.07) is 15.5. The number of amides is 2. The predicted octanol–water partition coefficient (Wildman–Crippen LogP) is 3.63. The summed E-state index contributed by atoms with van der Waals surface area (Å²) in [4.78, 5) is 11.9. The molecule has 130 valence electrons. The van der Waals surface area contributed by atoms with E-state index in [0.29, 0.717) is 29.2 Å². The normalized spacial score (nSPS) is 11.2. The zero-order chi connectivity index (χ0) is 18.1. The van der Waals surface area contributed by atoms with E-state index in [1.54, 1.807) is 48.5 Å². The van der Waals surface area contributed by atoms with Gasteiger partial charge in [0.2, 0.25) is 0 Å². The van der Waals surface area contributed by atoms with Gasteiger partial charge in [-0.2, -0.15) is 5.26 Å². The SMILES string of the molecule is CCC(CCO)NC(=O)Nc1ccc(Oc2ccc(C#N)cc2)cc1. The highest BCUT2D eigenvalue weighted by Crippen LogP contribution is 2.23. The second-order valence-corrected chi connectivity index (χ2v) is 5.48. The number of nitriles is 1. The first kappa shape index (κ1) is 18.3. The zero-order valence-electron chi connectivity index (χ0n) is 14.0. The summed E-state index contributed by atoms with van der Waals surface area (Å²) in [6.07, 6.45) is 1.28. The number of aliphatic hydroxyl groups is 1. The molecule has 0 aliphatic carbocycles. The number of anilines is 1. The molecule has 2 aromatic carbocycles. The highest BCUT2D eigenvalue weighted by molar-refractivity contribution is 5.89. The number of ether oxygens (including phenoxy) is 1. The van der Waals surface area contributed by atoms with Gasteiger partial charge in [-0.25, -0.2) is 4.79 Å². The highest BCUT2D eigenvalue weighted by Gasteiger charge is 2.09. The molecular formula is C19H21N3O3. The van der Waals surface area contributed by atoms with E-state index in [9.17, 15) is 4.79 Å². The van der Waals surface area contributed by atoms with Crippen LogP contribution in [0.2, 0.25) is 0 Å². The lowest BCUT2D eigenvalue weighted by atomic mass is 10.2. The number of carbonyl (C=O) groups excluding carboxylic acids is 1. The molecule has 2 aromatic rings. The first-order valence-electron chi connectivity index (χ1n) is 8.11. The molecule has 1 unspecified atom stereocenters. The fourth-order valence-corrected chi connectivity index (χ4v) is 2.23. The number of rotatable bonds is 7. The summed E-state index contributed by atoms with van der Waals surface area (Å²) in [7, 11) is 0. The van der Waals surface area contributed by atoms with Gasteiger partial charge >= 0.3 is 6.03 Å². The number of nitrogens with one attached hydrogen (secondary N) is 2. The molecule has 25 heavy (non-hydrogen) atoms. The van der Waals surface area contributed by atoms with E-state index >= 15 is 0 Å². The van der Waals surface area contributed by atoms with Crippen LogP contribution in [0.4, 0.5) is 10.5 Å². The van der Waals surface area contributed by atoms with Crippen molar-refractivity contribution in [3.8, 4) is 17.6 Å². The van der Waals surface area contributed by atoms with Gasteiger partial charge in [0.1, 0.15) is 11.5 Å². The van der Waals surface area contributed by atoms with Crippen LogP contribution in [0.25, 0.3) is 0 Å². The quantitative estimate of drug-likeness (QED) is 0.718. The Bertz CT molecular complexity index is 721. The third-order valence-corrected chi connectivity index (χ3v) is 3.64. The van der Waals surface area contributed by atoms with Crippen LogP contribution >= 0.6 is 0 Å². The summed E-state index contributed by atoms with van der Waals surface area (Å²) in [5, 5.41) is 23.3. The van der Waals surface area contributed by atoms with Gasteiger partial charge in [-0.3, -0.25) is 0 Å². The Morgan fingerprint density at radius 1 is 1.16 bits per heavy atom. The molecule has 0 bridgehead atoms. The molecule has 0 radical (unpaired) electrons. The van der Waals surface area contributed by atoms with Gasteiger partial charge in [0, 0.05) is 18.3 Å². The smallest absolute Gasteiger partial charge is 0.319 e. The number of carbonyl (C=O) groups is 1. The van der Waals surface area contributed by atoms with E-state index in [1.165, 1.54) is 0 Å². The first-order chi connectivity index (χ1) is 12.1. The maximum Gasteiger partial charge on any atom is 0.319 e. The third kappa shape index (κ3) is 5.83. The molecule has 0 fully saturated rings. The zero-order valence-corrected chi connectivity index (χ0v) is 14.0. The number of aliphatic hydroxyl groups excluding tert-OH is 1. The lowest BCUT2D eigenvalue weighted by Gasteiger charge is -2.16. The third-order valence-electron chi connectivity index (χ3n) is 3.64. The standard InChI is InChI=1S/C19H21N3O3/c1-2-15(11-12-23)21-19(24)22-16-5-9-18(10-6-16)25-17-7-3-14(13-20)4-8-17/h3-10,15,23H,2,11-12H2,1H3,(H2,21,22,24). The second kappa shape index (κ2) is 9.30. The van der Waals surface area contributed by atoms with E-state index in [1.807, 2.05) is 6.92 Å². The van der Waals surface area contributed by atoms with Crippen molar-refractivity contribution in [2.45, 2.75) is 25.8 Å². The Hall–Kier alpha value is -3.04. The molecule has 0 spiro atoms. The minimum Gasteiger partial charge on any atom is -0.457 e. The number of hydrogen-bond acceptors (Lipinski definition) is 4. The van der Waals surface area contributed by atoms with Gasteiger partial charge in [0.05, 0.1) is 11.6 Å². The minimum atomic E-state index is -0.305. The van der Waals surface area contributed by atoms with Crippen LogP contribution in [0.1, 0.15) is 25.3 Å². The number of hydrogen-bond donors (Lipinski definition) is 3. The summed E-state index contributed by atoms with van der Waals surface area (Å²) >= 11 is 0. The topological polar surface area (TPSA) is 94.4 Å². The van der Waals surface area contributed by atoms with Crippen molar-refractivity contribution in [3.05, 3.63) is 54.1 Å². The van der Waals surface area contributed by atoms with Crippen LogP contribution in [0.3, 0.4) is 0 Å². The molecule has 6 heteroatoms. The molecule has 0 aromatic heterocycles. The van der Waals surface area contributed by atoms with Gasteiger partial charge in [0.25, 0.3) is 0 Å². The lowest BCUT2D eigenvalue weighted by molar-refractivity contribution is 0.237. The van der Waals surface area contributed by atoms with Crippen molar-refractivity contribution in [2.24, 2.45) is 0 Å². The molecule has 0 aliphatic heterocycles. The molecule has 0 saturated heterocycles. The molecule has 0 heterocycles. The predicted molar refractivity (Wildman–Crippen MR) is 95.6 cm³/mol. The van der Waals surface area contributed by atoms with Crippen LogP contribution in [0, 0.1) is 11.3 Å². The van der Waals surface area contributed by atoms with Gasteiger partial charge in [-0.1, -0.05) is 6.92 Å². The second-order valence-electron chi connectivity index (χ2n) is 5.48. The lowest BCUT2D eigenvalue weighted by Crippen LogP contribution is -2.38. The maximum atomic E-state index is 11.9. The molecular weight excluding hydrogens is 318 g/mol. The van der Waals surface area contributed by atoms with Gasteiger partial charge < -0.3 is 20.5 Å². The van der Waals surface area contributed by atoms with Crippen LogP contribution in [0.5, 0.6) is 11.5 Å². The van der Waals surface area contributed by atoms with Crippen molar-refractivity contribution in [1.29, 1.82) is 5.26 Å². The average molecular weight is 339 g/mol. The first-order valence-corrected chi connectivity index (χ1v) is 8.11. The maximum absolute atomic E-state index is 11.9. The van der Waals surface area contributed by atoms with Crippen molar-refractivity contribution in [3.63, 3.8) is 0 Å². The Labute approximate surface area is 147 Å². The number of urea groups is 1. The van der Waals surface area contributed by atoms with Crippen molar-refractivity contribution >= 4 is 11.7 Å². The molecule has 0 saturated carbocycles. The fourth-order valence-electron chi connectivity index (χ4n) is 2.23. The van der Waals surface area contributed by atoms with Crippen LogP contribution < -0.4 is 15.4 Å². The largest absolute Gasteiger partial charge is 0.457 e. The fraction of sp³-hybridized carbons (Fsp3) is 0.263. The molecule has 3 N–H and O–H groups in total. The molecule has 2 rings (SSSR count). The van der Waals surface area contributed by atoms with Crippen molar-refractivity contribution < 1.29 is 14.6 Å². The Morgan fingerprint density at radius 3 is 2.28 bits per heavy atom. The summed E-state index contributed by atoms with van der Waals surface area (Å²) in [5.74, 6) is 1.26. The van der Waals surface area contributed by atoms with Gasteiger partial charge in [-0.05, 0) is 61.4 Å². The van der Waals surface area contributed by atoms with Crippen LogP contribution in [-0.4, -0.2) is 23.8 Å². The Kier molecular flexibility index (Phi) is 6.81. The monoisotopic (exact) mass is 339 g/mol. The van der Waals surface area contributed by atoms with E-state index in [-0.39, 0.29) is 18.7 Å². The molecule has 1 atom stereocenters. The summed E-state index contributed by atoms with van der Waals surface area (Å²) in [6.45, 7) is 2.00. The van der Waals surface area contributed by atoms with Gasteiger partial charge in [0.15, 0.2) is 0 Å². The summed E-state index contributed by atoms with van der Waals surface area (Å²) < 4.78 is 5.69. The average Bonchev–Trinajstić information content (AvgIpc) is 2.63. The van der Waals surface area contributed by atoms with Gasteiger partial charge in [-0.15, -0.1) is 0 Å². The van der Waals surface area contributed by atoms with E-state index in [2.05, 4.69) is 16.7 Å². The van der Waals surface area contributed by atoms with Crippen molar-refractivity contribution in [1.82, 2.24) is 5.32 Å². The van der Waals surface area contributed by atoms with E-state index in [0.717, 1.165) is 6.42 Å². The summed E-state index contributed by atoms with van der Waals surface area (Å²) in [5.41, 5.74) is 1.22. The Morgan fingerprint density at radius 2 is 1.76 bits per heavy atom. The highest BCUT2D eigenvalue weighted by atomic mass is 16.5. The van der Waals surface area contributed by atoms with Crippen LogP contribution in [0.15, 0.2) is 48.5 Å². The van der Waals surface area contributed by atoms with Crippen LogP contribution in [-0.2, 0) is 0 Å². The van der Waals surface area contributed by atoms with E-state index < -0.39 is 0 Å². The van der Waals surface area contributed by atoms with E-state index in [4.69, 9.17) is 15.1 Å². The van der Waals surface area contributed by atoms with Crippen molar-refractivity contribution in [2.75, 3.05) is 11.9 Å². The molecule has 6 nitrogen and oxygen atoms in total. The molecule has 0 aliphatic rings. The minimum absolute atomic E-state index is 0.0418.